The molecule has 4 N–H and O–H groups in total. The van der Waals surface area contributed by atoms with Crippen molar-refractivity contribution in [2.75, 3.05) is 25.1 Å². The smallest absolute Gasteiger partial charge is 0.306 e. The van der Waals surface area contributed by atoms with E-state index in [1.807, 2.05) is 30.3 Å². The molecule has 0 bridgehead atoms. The van der Waals surface area contributed by atoms with Gasteiger partial charge >= 0.3 is 5.97 Å². The zero-order valence-electron chi connectivity index (χ0n) is 16.9. The molecule has 0 spiro atoms. The standard InChI is InChI=1S/C22H25N3O5S/c26-14-13-23-21(29)17-8-4-5-9-18(17)24-22(31)25-19(27)10-11-20(28)30-15-12-16-6-2-1-3-7-16/h1-9,26H,10-15H2,(H,23,29)(H2,24,25,27,31). The molecule has 9 heteroatoms. The summed E-state index contributed by atoms with van der Waals surface area (Å²) < 4.78 is 5.14. The number of aliphatic hydroxyl groups is 1. The number of anilines is 1. The Bertz CT molecular complexity index is 905. The topological polar surface area (TPSA) is 117 Å². The quantitative estimate of drug-likeness (QED) is 0.327. The molecule has 0 fully saturated rings. The van der Waals surface area contributed by atoms with Crippen molar-refractivity contribution in [2.45, 2.75) is 19.3 Å². The van der Waals surface area contributed by atoms with E-state index in [0.717, 1.165) is 5.56 Å². The first-order valence-corrected chi connectivity index (χ1v) is 10.2. The van der Waals surface area contributed by atoms with E-state index < -0.39 is 11.9 Å². The molecule has 2 amide bonds. The summed E-state index contributed by atoms with van der Waals surface area (Å²) in [4.78, 5) is 36.0. The zero-order chi connectivity index (χ0) is 22.5. The number of amides is 2. The molecule has 164 valence electrons. The van der Waals surface area contributed by atoms with Crippen molar-refractivity contribution < 1.29 is 24.2 Å². The summed E-state index contributed by atoms with van der Waals surface area (Å²) in [6.45, 7) is 0.194. The maximum atomic E-state index is 12.1. The summed E-state index contributed by atoms with van der Waals surface area (Å²) in [6, 6.07) is 16.3. The molecular formula is C22H25N3O5S. The second kappa shape index (κ2) is 13.1. The Morgan fingerprint density at radius 1 is 0.968 bits per heavy atom. The van der Waals surface area contributed by atoms with Crippen LogP contribution in [0, 0.1) is 0 Å². The van der Waals surface area contributed by atoms with Gasteiger partial charge in [0.25, 0.3) is 5.91 Å². The Labute approximate surface area is 186 Å². The van der Waals surface area contributed by atoms with Gasteiger partial charge in [0.05, 0.1) is 30.9 Å². The van der Waals surface area contributed by atoms with Crippen LogP contribution in [-0.2, 0) is 20.7 Å². The van der Waals surface area contributed by atoms with Crippen molar-refractivity contribution in [1.29, 1.82) is 0 Å². The Morgan fingerprint density at radius 2 is 1.68 bits per heavy atom. The number of thiocarbonyl (C=S) groups is 1. The second-order valence-corrected chi connectivity index (χ2v) is 6.89. The molecule has 0 aliphatic rings. The molecule has 0 atom stereocenters. The summed E-state index contributed by atoms with van der Waals surface area (Å²) in [5.74, 6) is -1.29. The van der Waals surface area contributed by atoms with E-state index in [0.29, 0.717) is 17.7 Å². The van der Waals surface area contributed by atoms with E-state index in [4.69, 9.17) is 22.1 Å². The monoisotopic (exact) mass is 443 g/mol. The number of esters is 1. The van der Waals surface area contributed by atoms with Crippen LogP contribution >= 0.6 is 12.2 Å². The zero-order valence-corrected chi connectivity index (χ0v) is 17.7. The van der Waals surface area contributed by atoms with Crippen molar-refractivity contribution in [3.63, 3.8) is 0 Å². The Morgan fingerprint density at radius 3 is 2.42 bits per heavy atom. The highest BCUT2D eigenvalue weighted by Gasteiger charge is 2.13. The maximum Gasteiger partial charge on any atom is 0.306 e. The first-order chi connectivity index (χ1) is 15.0. The minimum atomic E-state index is -0.462. The molecule has 0 saturated carbocycles. The number of carbonyl (C=O) groups is 3. The highest BCUT2D eigenvalue weighted by atomic mass is 32.1. The highest BCUT2D eigenvalue weighted by molar-refractivity contribution is 7.80. The second-order valence-electron chi connectivity index (χ2n) is 6.48. The van der Waals surface area contributed by atoms with Gasteiger partial charge in [0, 0.05) is 19.4 Å². The fourth-order valence-corrected chi connectivity index (χ4v) is 2.84. The largest absolute Gasteiger partial charge is 0.465 e. The van der Waals surface area contributed by atoms with Crippen molar-refractivity contribution in [3.05, 3.63) is 65.7 Å². The van der Waals surface area contributed by atoms with Crippen LogP contribution in [0.3, 0.4) is 0 Å². The van der Waals surface area contributed by atoms with Crippen molar-refractivity contribution >= 4 is 40.8 Å². The third-order valence-corrected chi connectivity index (χ3v) is 4.33. The van der Waals surface area contributed by atoms with Crippen molar-refractivity contribution in [2.24, 2.45) is 0 Å². The number of rotatable bonds is 10. The predicted molar refractivity (Wildman–Crippen MR) is 121 cm³/mol. The molecule has 2 aromatic carbocycles. The average Bonchev–Trinajstić information content (AvgIpc) is 2.77. The van der Waals surface area contributed by atoms with Crippen LogP contribution in [0.15, 0.2) is 54.6 Å². The van der Waals surface area contributed by atoms with Crippen LogP contribution in [0.5, 0.6) is 0 Å². The Balaban J connectivity index is 1.73. The van der Waals surface area contributed by atoms with Crippen LogP contribution < -0.4 is 16.0 Å². The molecule has 0 unspecified atom stereocenters. The number of carbonyl (C=O) groups excluding carboxylic acids is 3. The van der Waals surface area contributed by atoms with Gasteiger partial charge < -0.3 is 25.8 Å². The number of aliphatic hydroxyl groups excluding tert-OH is 1. The molecule has 31 heavy (non-hydrogen) atoms. The molecule has 2 aromatic rings. The summed E-state index contributed by atoms with van der Waals surface area (Å²) in [5.41, 5.74) is 1.79. The first-order valence-electron chi connectivity index (χ1n) is 9.78. The lowest BCUT2D eigenvalue weighted by molar-refractivity contribution is -0.144. The van der Waals surface area contributed by atoms with E-state index in [-0.39, 0.29) is 43.6 Å². The lowest BCUT2D eigenvalue weighted by Crippen LogP contribution is -2.35. The van der Waals surface area contributed by atoms with Crippen molar-refractivity contribution in [1.82, 2.24) is 10.6 Å². The number of hydrogen-bond donors (Lipinski definition) is 4. The van der Waals surface area contributed by atoms with Gasteiger partial charge in [-0.1, -0.05) is 42.5 Å². The van der Waals surface area contributed by atoms with E-state index >= 15 is 0 Å². The van der Waals surface area contributed by atoms with Crippen LogP contribution in [-0.4, -0.2) is 47.8 Å². The van der Waals surface area contributed by atoms with Gasteiger partial charge in [0.15, 0.2) is 5.11 Å². The van der Waals surface area contributed by atoms with Crippen LogP contribution in [0.2, 0.25) is 0 Å². The molecule has 0 aliphatic carbocycles. The number of ether oxygens (including phenoxy) is 1. The summed E-state index contributed by atoms with van der Waals surface area (Å²) >= 11 is 5.12. The molecule has 8 nitrogen and oxygen atoms in total. The number of benzene rings is 2. The van der Waals surface area contributed by atoms with Gasteiger partial charge in [0.1, 0.15) is 0 Å². The van der Waals surface area contributed by atoms with Crippen LogP contribution in [0.25, 0.3) is 0 Å². The van der Waals surface area contributed by atoms with E-state index in [1.165, 1.54) is 0 Å². The fourth-order valence-electron chi connectivity index (χ4n) is 2.61. The summed E-state index contributed by atoms with van der Waals surface area (Å²) in [5, 5.41) is 16.7. The molecule has 0 aromatic heterocycles. The van der Waals surface area contributed by atoms with Gasteiger partial charge in [0.2, 0.25) is 5.91 Å². The average molecular weight is 444 g/mol. The first kappa shape index (κ1) is 24.0. The minimum Gasteiger partial charge on any atom is -0.465 e. The third-order valence-electron chi connectivity index (χ3n) is 4.12. The summed E-state index contributed by atoms with van der Waals surface area (Å²) in [7, 11) is 0. The van der Waals surface area contributed by atoms with Crippen molar-refractivity contribution in [3.8, 4) is 0 Å². The molecule has 2 rings (SSSR count). The molecule has 0 heterocycles. The highest BCUT2D eigenvalue weighted by Crippen LogP contribution is 2.14. The van der Waals surface area contributed by atoms with E-state index in [9.17, 15) is 14.4 Å². The summed E-state index contributed by atoms with van der Waals surface area (Å²) in [6.07, 6.45) is 0.464. The molecule has 0 radical (unpaired) electrons. The third kappa shape index (κ3) is 8.93. The number of nitrogens with one attached hydrogen (secondary N) is 3. The van der Waals surface area contributed by atoms with E-state index in [1.54, 1.807) is 24.3 Å². The van der Waals surface area contributed by atoms with Gasteiger partial charge in [-0.15, -0.1) is 0 Å². The van der Waals surface area contributed by atoms with Gasteiger partial charge in [-0.05, 0) is 29.9 Å². The van der Waals surface area contributed by atoms with E-state index in [2.05, 4.69) is 16.0 Å². The SMILES string of the molecule is O=C(CCC(=O)OCCc1ccccc1)NC(=S)Nc1ccccc1C(=O)NCCO. The van der Waals surface area contributed by atoms with Gasteiger partial charge in [-0.3, -0.25) is 14.4 Å². The molecule has 0 saturated heterocycles. The molecular weight excluding hydrogens is 418 g/mol. The van der Waals surface area contributed by atoms with Gasteiger partial charge in [-0.25, -0.2) is 0 Å². The van der Waals surface area contributed by atoms with Gasteiger partial charge in [-0.2, -0.15) is 0 Å². The van der Waals surface area contributed by atoms with Crippen LogP contribution in [0.4, 0.5) is 5.69 Å². The molecule has 0 aliphatic heterocycles. The Kier molecular flexibility index (Phi) is 10.1. The minimum absolute atomic E-state index is 0.00449. The number of para-hydroxylation sites is 1. The predicted octanol–water partition coefficient (Wildman–Crippen LogP) is 1.79. The normalized spacial score (nSPS) is 10.1. The Hall–Kier alpha value is -3.30. The lowest BCUT2D eigenvalue weighted by atomic mass is 10.1. The van der Waals surface area contributed by atoms with Crippen LogP contribution in [0.1, 0.15) is 28.8 Å². The maximum absolute atomic E-state index is 12.1. The lowest BCUT2D eigenvalue weighted by Gasteiger charge is -2.13. The fraction of sp³-hybridized carbons (Fsp3) is 0.273. The number of hydrogen-bond acceptors (Lipinski definition) is 6.